The number of aromatic nitrogens is 2. The monoisotopic (exact) mass is 413 g/mol. The minimum absolute atomic E-state index is 0.0852. The fourth-order valence-electron chi connectivity index (χ4n) is 4.74. The molecule has 1 aromatic carbocycles. The van der Waals surface area contributed by atoms with Gasteiger partial charge in [0.25, 0.3) is 5.91 Å². The summed E-state index contributed by atoms with van der Waals surface area (Å²) in [5.41, 5.74) is 2.36. The molecule has 7 heteroatoms. The summed E-state index contributed by atoms with van der Waals surface area (Å²) in [5, 5.41) is 4.49. The van der Waals surface area contributed by atoms with Crippen LogP contribution in [0.15, 0.2) is 30.3 Å². The smallest absolute Gasteiger partial charge is 0.272 e. The molecule has 1 atom stereocenters. The van der Waals surface area contributed by atoms with Crippen LogP contribution in [0.2, 0.25) is 0 Å². The lowest BCUT2D eigenvalue weighted by Gasteiger charge is -2.44. The summed E-state index contributed by atoms with van der Waals surface area (Å²) in [6, 6.07) is 9.32. The van der Waals surface area contributed by atoms with Crippen LogP contribution >= 0.6 is 0 Å². The molecule has 0 unspecified atom stereocenters. The van der Waals surface area contributed by atoms with Crippen LogP contribution in [0.4, 0.5) is 10.1 Å². The van der Waals surface area contributed by atoms with E-state index in [1.165, 1.54) is 6.07 Å². The maximum Gasteiger partial charge on any atom is 0.272 e. The van der Waals surface area contributed by atoms with Gasteiger partial charge in [0.15, 0.2) is 0 Å². The van der Waals surface area contributed by atoms with Crippen LogP contribution in [0.5, 0.6) is 0 Å². The molecule has 2 fully saturated rings. The quantitative estimate of drug-likeness (QED) is 0.756. The Kier molecular flexibility index (Phi) is 6.37. The molecule has 2 aliphatic heterocycles. The van der Waals surface area contributed by atoms with Crippen molar-refractivity contribution in [2.24, 2.45) is 7.05 Å². The van der Waals surface area contributed by atoms with Gasteiger partial charge in [-0.25, -0.2) is 4.39 Å². The van der Waals surface area contributed by atoms with Crippen LogP contribution in [0.1, 0.15) is 42.4 Å². The van der Waals surface area contributed by atoms with Gasteiger partial charge in [-0.1, -0.05) is 25.5 Å². The summed E-state index contributed by atoms with van der Waals surface area (Å²) in [4.78, 5) is 19.7. The van der Waals surface area contributed by atoms with Crippen LogP contribution in [0.3, 0.4) is 0 Å². The van der Waals surface area contributed by atoms with Gasteiger partial charge in [0, 0.05) is 52.4 Å². The number of carbonyl (C=O) groups excluding carboxylic acids is 1. The molecule has 0 N–H and O–H groups in total. The molecular formula is C23H32FN5O. The van der Waals surface area contributed by atoms with Crippen molar-refractivity contribution in [3.8, 4) is 0 Å². The number of halogens is 1. The number of benzene rings is 1. The van der Waals surface area contributed by atoms with Gasteiger partial charge >= 0.3 is 0 Å². The highest BCUT2D eigenvalue weighted by Crippen LogP contribution is 2.24. The largest absolute Gasteiger partial charge is 0.367 e. The van der Waals surface area contributed by atoms with Gasteiger partial charge in [0.1, 0.15) is 11.5 Å². The second-order valence-corrected chi connectivity index (χ2v) is 8.42. The summed E-state index contributed by atoms with van der Waals surface area (Å²) in [6.07, 6.45) is 4.05. The van der Waals surface area contributed by atoms with Crippen molar-refractivity contribution < 1.29 is 9.18 Å². The topological polar surface area (TPSA) is 44.6 Å². The second kappa shape index (κ2) is 9.16. The van der Waals surface area contributed by atoms with Gasteiger partial charge in [-0.05, 0) is 37.5 Å². The predicted molar refractivity (Wildman–Crippen MR) is 116 cm³/mol. The maximum absolute atomic E-state index is 14.1. The molecular weight excluding hydrogens is 381 g/mol. The van der Waals surface area contributed by atoms with Gasteiger partial charge in [-0.3, -0.25) is 14.4 Å². The van der Waals surface area contributed by atoms with Crippen LogP contribution < -0.4 is 4.90 Å². The number of rotatable bonds is 5. The first kappa shape index (κ1) is 20.8. The molecule has 0 radical (unpaired) electrons. The molecule has 0 aliphatic carbocycles. The Morgan fingerprint density at radius 1 is 1.17 bits per heavy atom. The van der Waals surface area contributed by atoms with Crippen LogP contribution in [0.25, 0.3) is 0 Å². The Labute approximate surface area is 178 Å². The molecule has 4 rings (SSSR count). The molecule has 0 bridgehead atoms. The molecule has 2 aromatic rings. The maximum atomic E-state index is 14.1. The lowest BCUT2D eigenvalue weighted by molar-refractivity contribution is 0.0553. The van der Waals surface area contributed by atoms with E-state index >= 15 is 0 Å². The number of amides is 1. The van der Waals surface area contributed by atoms with Gasteiger partial charge in [0.2, 0.25) is 0 Å². The van der Waals surface area contributed by atoms with E-state index in [-0.39, 0.29) is 11.7 Å². The molecule has 0 saturated carbocycles. The van der Waals surface area contributed by atoms with Crippen molar-refractivity contribution in [3.63, 3.8) is 0 Å². The molecule has 0 spiro atoms. The Hall–Kier alpha value is -2.41. The number of hydrogen-bond acceptors (Lipinski definition) is 4. The van der Waals surface area contributed by atoms with Gasteiger partial charge < -0.3 is 9.80 Å². The molecule has 2 aliphatic rings. The summed E-state index contributed by atoms with van der Waals surface area (Å²) < 4.78 is 15.8. The first-order chi connectivity index (χ1) is 14.6. The highest BCUT2D eigenvalue weighted by atomic mass is 19.1. The van der Waals surface area contributed by atoms with Crippen molar-refractivity contribution in [2.75, 3.05) is 44.2 Å². The third-order valence-electron chi connectivity index (χ3n) is 6.36. The normalized spacial score (nSPS) is 20.6. The summed E-state index contributed by atoms with van der Waals surface area (Å²) in [5.74, 6) is -0.0685. The second-order valence-electron chi connectivity index (χ2n) is 8.42. The number of likely N-dealkylation sites (tertiary alicyclic amines) is 1. The summed E-state index contributed by atoms with van der Waals surface area (Å²) in [7, 11) is 1.86. The number of piperidine rings is 1. The van der Waals surface area contributed by atoms with E-state index in [4.69, 9.17) is 0 Å². The van der Waals surface area contributed by atoms with Crippen molar-refractivity contribution in [3.05, 3.63) is 47.5 Å². The fourth-order valence-corrected chi connectivity index (χ4v) is 4.74. The fraction of sp³-hybridized carbons (Fsp3) is 0.565. The molecule has 3 heterocycles. The van der Waals surface area contributed by atoms with Crippen molar-refractivity contribution in [1.82, 2.24) is 19.6 Å². The lowest BCUT2D eigenvalue weighted by Crippen LogP contribution is -2.56. The number of para-hydroxylation sites is 1. The third-order valence-corrected chi connectivity index (χ3v) is 6.36. The number of carbonyl (C=O) groups is 1. The Morgan fingerprint density at radius 3 is 2.67 bits per heavy atom. The van der Waals surface area contributed by atoms with Crippen LogP contribution in [-0.2, 0) is 13.5 Å². The minimum atomic E-state index is -0.154. The molecule has 2 saturated heterocycles. The predicted octanol–water partition coefficient (Wildman–Crippen LogP) is 2.94. The van der Waals surface area contributed by atoms with Crippen molar-refractivity contribution >= 4 is 11.6 Å². The van der Waals surface area contributed by atoms with E-state index in [0.717, 1.165) is 70.6 Å². The van der Waals surface area contributed by atoms with Gasteiger partial charge in [-0.2, -0.15) is 5.10 Å². The zero-order valence-corrected chi connectivity index (χ0v) is 18.1. The first-order valence-electron chi connectivity index (χ1n) is 11.1. The molecule has 162 valence electrons. The van der Waals surface area contributed by atoms with Crippen molar-refractivity contribution in [2.45, 2.75) is 38.6 Å². The zero-order chi connectivity index (χ0) is 21.1. The molecule has 1 aromatic heterocycles. The Morgan fingerprint density at radius 2 is 1.93 bits per heavy atom. The van der Waals surface area contributed by atoms with E-state index in [2.05, 4.69) is 21.8 Å². The number of aryl methyl sites for hydroxylation is 2. The summed E-state index contributed by atoms with van der Waals surface area (Å²) >= 11 is 0. The molecule has 6 nitrogen and oxygen atoms in total. The van der Waals surface area contributed by atoms with Crippen LogP contribution in [0, 0.1) is 5.82 Å². The van der Waals surface area contributed by atoms with Crippen LogP contribution in [-0.4, -0.2) is 70.8 Å². The van der Waals surface area contributed by atoms with E-state index in [0.29, 0.717) is 17.4 Å². The average Bonchev–Trinajstić information content (AvgIpc) is 3.14. The van der Waals surface area contributed by atoms with E-state index < -0.39 is 0 Å². The highest BCUT2D eigenvalue weighted by Gasteiger charge is 2.31. The van der Waals surface area contributed by atoms with Gasteiger partial charge in [0.05, 0.1) is 11.4 Å². The zero-order valence-electron chi connectivity index (χ0n) is 18.1. The number of anilines is 1. The average molecular weight is 414 g/mol. The molecule has 30 heavy (non-hydrogen) atoms. The van der Waals surface area contributed by atoms with Gasteiger partial charge in [-0.15, -0.1) is 0 Å². The Bertz CT molecular complexity index is 874. The minimum Gasteiger partial charge on any atom is -0.367 e. The first-order valence-corrected chi connectivity index (χ1v) is 11.1. The Balaban J connectivity index is 1.36. The van der Waals surface area contributed by atoms with Crippen molar-refractivity contribution in [1.29, 1.82) is 0 Å². The SMILES string of the molecule is CCCc1cc(C(=O)N2CCC[C@H](N3CCN(c4ccccc4F)CC3)C2)n(C)n1. The standard InChI is InChI=1S/C23H32FN5O/c1-3-7-18-16-22(26(2)25-18)23(30)29-11-6-8-19(17-29)27-12-14-28(15-13-27)21-10-5-4-9-20(21)24/h4-5,9-10,16,19H,3,6-8,11-15,17H2,1-2H3/t19-/m0/s1. The number of hydrogen-bond donors (Lipinski definition) is 0. The summed E-state index contributed by atoms with van der Waals surface area (Å²) in [6.45, 7) is 7.10. The highest BCUT2D eigenvalue weighted by molar-refractivity contribution is 5.92. The van der Waals surface area contributed by atoms with E-state index in [1.807, 2.05) is 30.1 Å². The third kappa shape index (κ3) is 4.36. The van der Waals surface area contributed by atoms with E-state index in [1.54, 1.807) is 10.7 Å². The lowest BCUT2D eigenvalue weighted by atomic mass is 10.0. The van der Waals surface area contributed by atoms with E-state index in [9.17, 15) is 9.18 Å². The number of nitrogens with zero attached hydrogens (tertiary/aromatic N) is 5. The number of piperazine rings is 1. The molecule has 1 amide bonds.